The number of rotatable bonds is 7. The molecule has 0 aliphatic carbocycles. The van der Waals surface area contributed by atoms with Crippen LogP contribution >= 0.6 is 0 Å². The first-order chi connectivity index (χ1) is 12.2. The standard InChI is InChI=1S/C19H31FN4O2/c1-6-7-16(24-18(25)26-19(2,3)4)13-23-17(21-5)22-12-14-8-10-15(20)11-9-14/h8-11,16H,6-7,12-13H2,1-5H3,(H,24,25)(H2,21,22,23). The molecule has 0 fully saturated rings. The van der Waals surface area contributed by atoms with Crippen molar-refractivity contribution in [3.8, 4) is 0 Å². The van der Waals surface area contributed by atoms with Gasteiger partial charge in [-0.2, -0.15) is 0 Å². The minimum Gasteiger partial charge on any atom is -0.444 e. The van der Waals surface area contributed by atoms with Gasteiger partial charge in [-0.25, -0.2) is 9.18 Å². The Bertz CT molecular complexity index is 582. The summed E-state index contributed by atoms with van der Waals surface area (Å²) in [5.74, 6) is 0.355. The number of nitrogens with zero attached hydrogens (tertiary/aromatic N) is 1. The Morgan fingerprint density at radius 3 is 2.42 bits per heavy atom. The van der Waals surface area contributed by atoms with Crippen LogP contribution in [0.25, 0.3) is 0 Å². The Morgan fingerprint density at radius 2 is 1.88 bits per heavy atom. The van der Waals surface area contributed by atoms with Gasteiger partial charge in [0.25, 0.3) is 0 Å². The highest BCUT2D eigenvalue weighted by Crippen LogP contribution is 2.07. The zero-order valence-electron chi connectivity index (χ0n) is 16.4. The minimum atomic E-state index is -0.527. The van der Waals surface area contributed by atoms with Gasteiger partial charge in [-0.1, -0.05) is 25.5 Å². The third kappa shape index (κ3) is 9.25. The highest BCUT2D eigenvalue weighted by atomic mass is 19.1. The van der Waals surface area contributed by atoms with Crippen molar-refractivity contribution in [2.24, 2.45) is 4.99 Å². The van der Waals surface area contributed by atoms with Crippen molar-refractivity contribution in [1.82, 2.24) is 16.0 Å². The van der Waals surface area contributed by atoms with E-state index in [-0.39, 0.29) is 11.9 Å². The van der Waals surface area contributed by atoms with Crippen LogP contribution in [0, 0.1) is 5.82 Å². The Kier molecular flexibility index (Phi) is 8.88. The van der Waals surface area contributed by atoms with E-state index in [1.165, 1.54) is 12.1 Å². The quantitative estimate of drug-likeness (QED) is 0.512. The number of carbonyl (C=O) groups excluding carboxylic acids is 1. The Hall–Kier alpha value is -2.31. The van der Waals surface area contributed by atoms with Gasteiger partial charge in [0.05, 0.1) is 0 Å². The molecule has 1 aromatic carbocycles. The van der Waals surface area contributed by atoms with Gasteiger partial charge in [0.15, 0.2) is 5.96 Å². The molecule has 0 aliphatic heterocycles. The molecule has 6 nitrogen and oxygen atoms in total. The van der Waals surface area contributed by atoms with E-state index in [0.717, 1.165) is 18.4 Å². The molecule has 0 spiro atoms. The maximum atomic E-state index is 12.9. The summed E-state index contributed by atoms with van der Waals surface area (Å²) in [5, 5.41) is 9.25. The van der Waals surface area contributed by atoms with E-state index in [2.05, 4.69) is 27.9 Å². The van der Waals surface area contributed by atoms with Crippen LogP contribution in [0.4, 0.5) is 9.18 Å². The lowest BCUT2D eigenvalue weighted by molar-refractivity contribution is 0.0502. The summed E-state index contributed by atoms with van der Waals surface area (Å²) < 4.78 is 18.2. The molecule has 7 heteroatoms. The minimum absolute atomic E-state index is 0.0702. The molecule has 0 aliphatic rings. The van der Waals surface area contributed by atoms with Gasteiger partial charge in [-0.3, -0.25) is 4.99 Å². The molecule has 1 amide bonds. The summed E-state index contributed by atoms with van der Waals surface area (Å²) >= 11 is 0. The first-order valence-electron chi connectivity index (χ1n) is 8.92. The van der Waals surface area contributed by atoms with Crippen LogP contribution in [0.3, 0.4) is 0 Å². The molecule has 146 valence electrons. The number of ether oxygens (including phenoxy) is 1. The summed E-state index contributed by atoms with van der Waals surface area (Å²) in [4.78, 5) is 16.1. The zero-order chi connectivity index (χ0) is 19.6. The lowest BCUT2D eigenvalue weighted by Crippen LogP contribution is -2.48. The third-order valence-corrected chi connectivity index (χ3v) is 3.47. The molecule has 3 N–H and O–H groups in total. The molecule has 26 heavy (non-hydrogen) atoms. The van der Waals surface area contributed by atoms with Crippen LogP contribution in [0.1, 0.15) is 46.1 Å². The van der Waals surface area contributed by atoms with Crippen LogP contribution in [0.2, 0.25) is 0 Å². The number of benzene rings is 1. The fourth-order valence-corrected chi connectivity index (χ4v) is 2.28. The number of guanidine groups is 1. The van der Waals surface area contributed by atoms with Crippen molar-refractivity contribution in [1.29, 1.82) is 0 Å². The maximum absolute atomic E-state index is 12.9. The average Bonchev–Trinajstić information content (AvgIpc) is 2.55. The molecular formula is C19H31FN4O2. The van der Waals surface area contributed by atoms with Gasteiger partial charge in [-0.15, -0.1) is 0 Å². The average molecular weight is 366 g/mol. The summed E-state index contributed by atoms with van der Waals surface area (Å²) in [5.41, 5.74) is 0.424. The number of halogens is 1. The third-order valence-electron chi connectivity index (χ3n) is 3.47. The van der Waals surface area contributed by atoms with E-state index in [9.17, 15) is 9.18 Å². The second-order valence-electron chi connectivity index (χ2n) is 7.06. The molecule has 1 unspecified atom stereocenters. The SMILES string of the molecule is CCCC(CNC(=NC)NCc1ccc(F)cc1)NC(=O)OC(C)(C)C. The zero-order valence-corrected chi connectivity index (χ0v) is 16.4. The summed E-state index contributed by atoms with van der Waals surface area (Å²) in [6.07, 6.45) is 1.33. The predicted octanol–water partition coefficient (Wildman–Crippen LogP) is 3.18. The number of nitrogens with one attached hydrogen (secondary N) is 3. The lowest BCUT2D eigenvalue weighted by Gasteiger charge is -2.24. The van der Waals surface area contributed by atoms with Crippen LogP contribution in [0.15, 0.2) is 29.3 Å². The van der Waals surface area contributed by atoms with E-state index in [1.807, 2.05) is 20.8 Å². The number of aliphatic imine (C=N–C) groups is 1. The molecular weight excluding hydrogens is 335 g/mol. The fraction of sp³-hybridized carbons (Fsp3) is 0.579. The number of hydrogen-bond donors (Lipinski definition) is 3. The second-order valence-corrected chi connectivity index (χ2v) is 7.06. The van der Waals surface area contributed by atoms with Crippen molar-refractivity contribution in [2.45, 2.75) is 58.7 Å². The van der Waals surface area contributed by atoms with E-state index >= 15 is 0 Å². The van der Waals surface area contributed by atoms with Crippen LogP contribution in [-0.4, -0.2) is 37.3 Å². The topological polar surface area (TPSA) is 74.8 Å². The van der Waals surface area contributed by atoms with Crippen molar-refractivity contribution in [3.05, 3.63) is 35.6 Å². The molecule has 0 saturated heterocycles. The van der Waals surface area contributed by atoms with Gasteiger partial charge >= 0.3 is 6.09 Å². The first-order valence-corrected chi connectivity index (χ1v) is 8.92. The van der Waals surface area contributed by atoms with Gasteiger partial charge in [-0.05, 0) is 44.9 Å². The lowest BCUT2D eigenvalue weighted by atomic mass is 10.1. The van der Waals surface area contributed by atoms with E-state index in [1.54, 1.807) is 19.2 Å². The van der Waals surface area contributed by atoms with Crippen LogP contribution in [0.5, 0.6) is 0 Å². The van der Waals surface area contributed by atoms with Gasteiger partial charge in [0, 0.05) is 26.2 Å². The van der Waals surface area contributed by atoms with E-state index < -0.39 is 11.7 Å². The van der Waals surface area contributed by atoms with E-state index in [0.29, 0.717) is 19.0 Å². The molecule has 1 rings (SSSR count). The Labute approximate surface area is 155 Å². The van der Waals surface area contributed by atoms with Crippen molar-refractivity contribution in [2.75, 3.05) is 13.6 Å². The largest absolute Gasteiger partial charge is 0.444 e. The molecule has 0 radical (unpaired) electrons. The number of amides is 1. The summed E-state index contributed by atoms with van der Waals surface area (Å²) in [6, 6.07) is 6.23. The smallest absolute Gasteiger partial charge is 0.407 e. The molecule has 1 aromatic rings. The number of alkyl carbamates (subject to hydrolysis) is 1. The van der Waals surface area contributed by atoms with Gasteiger partial charge < -0.3 is 20.7 Å². The highest BCUT2D eigenvalue weighted by Gasteiger charge is 2.19. The second kappa shape index (κ2) is 10.6. The van der Waals surface area contributed by atoms with Crippen LogP contribution < -0.4 is 16.0 Å². The first kappa shape index (κ1) is 21.7. The van der Waals surface area contributed by atoms with Crippen molar-refractivity contribution < 1.29 is 13.9 Å². The number of hydrogen-bond acceptors (Lipinski definition) is 3. The highest BCUT2D eigenvalue weighted by molar-refractivity contribution is 5.79. The van der Waals surface area contributed by atoms with Gasteiger partial charge in [0.1, 0.15) is 11.4 Å². The Morgan fingerprint density at radius 1 is 1.23 bits per heavy atom. The maximum Gasteiger partial charge on any atom is 0.407 e. The van der Waals surface area contributed by atoms with Crippen molar-refractivity contribution in [3.63, 3.8) is 0 Å². The molecule has 0 saturated carbocycles. The molecule has 0 heterocycles. The van der Waals surface area contributed by atoms with Gasteiger partial charge in [0.2, 0.25) is 0 Å². The predicted molar refractivity (Wildman–Crippen MR) is 103 cm³/mol. The number of carbonyl (C=O) groups is 1. The molecule has 0 aromatic heterocycles. The summed E-state index contributed by atoms with van der Waals surface area (Å²) in [7, 11) is 1.68. The molecule has 0 bridgehead atoms. The monoisotopic (exact) mass is 366 g/mol. The summed E-state index contributed by atoms with van der Waals surface area (Å²) in [6.45, 7) is 8.61. The molecule has 1 atom stereocenters. The van der Waals surface area contributed by atoms with Crippen molar-refractivity contribution >= 4 is 12.1 Å². The Balaban J connectivity index is 2.49. The van der Waals surface area contributed by atoms with E-state index in [4.69, 9.17) is 4.74 Å². The fourth-order valence-electron chi connectivity index (χ4n) is 2.28. The van der Waals surface area contributed by atoms with Crippen LogP contribution in [-0.2, 0) is 11.3 Å². The normalized spacial score (nSPS) is 13.1.